The fourth-order valence-corrected chi connectivity index (χ4v) is 9.26. The Morgan fingerprint density at radius 3 is 1.02 bits per heavy atom. The van der Waals surface area contributed by atoms with E-state index in [-0.39, 0.29) is 165 Å². The second-order valence-corrected chi connectivity index (χ2v) is 22.1. The van der Waals surface area contributed by atoms with Gasteiger partial charge in [-0.25, -0.2) is 14.4 Å². The Hall–Kier alpha value is -7.08. The Morgan fingerprint density at radius 1 is 0.368 bits per heavy atom. The van der Waals surface area contributed by atoms with Crippen molar-refractivity contribution in [2.24, 2.45) is 11.5 Å². The van der Waals surface area contributed by atoms with E-state index in [1.807, 2.05) is 4.90 Å². The van der Waals surface area contributed by atoms with E-state index in [9.17, 15) is 72.9 Å². The van der Waals surface area contributed by atoms with Crippen LogP contribution in [0.25, 0.3) is 0 Å². The van der Waals surface area contributed by atoms with Gasteiger partial charge in [0.15, 0.2) is 0 Å². The second-order valence-electron chi connectivity index (χ2n) is 22.1. The van der Waals surface area contributed by atoms with Crippen LogP contribution in [0.5, 0.6) is 0 Å². The van der Waals surface area contributed by atoms with Crippen LogP contribution >= 0.6 is 0 Å². The number of amides is 10. The topological polar surface area (TPSA) is 429 Å². The van der Waals surface area contributed by atoms with E-state index in [4.69, 9.17) is 21.7 Å². The Balaban J connectivity index is 2.61. The van der Waals surface area contributed by atoms with Gasteiger partial charge in [0.2, 0.25) is 41.4 Å². The molecule has 1 aliphatic rings. The minimum Gasteiger partial charge on any atom is -0.480 e. The van der Waals surface area contributed by atoms with Gasteiger partial charge in [0.05, 0.1) is 0 Å². The highest BCUT2D eigenvalue weighted by atomic mass is 16.4. The van der Waals surface area contributed by atoms with Crippen LogP contribution in [0.1, 0.15) is 154 Å². The minimum atomic E-state index is -1.27. The lowest BCUT2D eigenvalue weighted by atomic mass is 10.1. The number of nitrogens with zero attached hydrogens (tertiary/aromatic N) is 7. The molecule has 498 valence electrons. The number of carbonyl (C=O) groups is 12. The van der Waals surface area contributed by atoms with Crippen molar-refractivity contribution in [2.45, 2.75) is 166 Å². The molecule has 10 amide bonds. The molecule has 30 heteroatoms. The van der Waals surface area contributed by atoms with E-state index in [0.717, 1.165) is 27.5 Å². The van der Waals surface area contributed by atoms with E-state index in [1.165, 1.54) is 9.80 Å². The third-order valence-electron chi connectivity index (χ3n) is 15.0. The zero-order valence-electron chi connectivity index (χ0n) is 51.6. The first-order valence-corrected chi connectivity index (χ1v) is 30.9. The number of aliphatic carboxylic acids is 2. The highest BCUT2D eigenvalue weighted by molar-refractivity contribution is 5.80. The zero-order chi connectivity index (χ0) is 64.9. The van der Waals surface area contributed by atoms with Gasteiger partial charge in [-0.15, -0.1) is 0 Å². The first-order valence-electron chi connectivity index (χ1n) is 30.9. The van der Waals surface area contributed by atoms with Crippen molar-refractivity contribution < 1.29 is 83.1 Å². The first kappa shape index (κ1) is 77.9. The van der Waals surface area contributed by atoms with Crippen molar-refractivity contribution in [3.8, 4) is 0 Å². The van der Waals surface area contributed by atoms with Gasteiger partial charge in [0.25, 0.3) is 0 Å². The maximum atomic E-state index is 13.7. The molecule has 0 saturated carbocycles. The van der Waals surface area contributed by atoms with Gasteiger partial charge in [-0.2, -0.15) is 0 Å². The number of hydrogen-bond acceptors (Lipinski definition) is 15. The highest BCUT2D eigenvalue weighted by Crippen LogP contribution is 2.11. The second kappa shape index (κ2) is 47.0. The number of nitrogens with two attached hydrogens (primary N) is 2. The molecule has 0 aromatic rings. The van der Waals surface area contributed by atoms with E-state index in [0.29, 0.717) is 129 Å². The molecule has 1 aliphatic heterocycles. The van der Waals surface area contributed by atoms with E-state index in [2.05, 4.69) is 21.3 Å². The van der Waals surface area contributed by atoms with Gasteiger partial charge in [0, 0.05) is 164 Å². The normalized spacial score (nSPS) is 13.9. The molecule has 1 fully saturated rings. The fourth-order valence-electron chi connectivity index (χ4n) is 9.26. The third-order valence-corrected chi connectivity index (χ3v) is 15.0. The molecular weight excluding hydrogens is 1140 g/mol. The maximum Gasteiger partial charge on any atom is 0.407 e. The number of carboxylic acid groups (broad SMARTS) is 5. The number of unbranched alkanes of at least 4 members (excludes halogenated alkanes) is 10. The number of carbonyl (C=O) groups excluding carboxylic acids is 7. The molecular formula is C57H103N13O17. The summed E-state index contributed by atoms with van der Waals surface area (Å²) in [5, 5.41) is 58.5. The molecule has 0 radical (unpaired) electrons. The Bertz CT molecular complexity index is 2000. The molecule has 0 aromatic heterocycles. The van der Waals surface area contributed by atoms with Crippen LogP contribution in [0.3, 0.4) is 0 Å². The summed E-state index contributed by atoms with van der Waals surface area (Å²) >= 11 is 0. The monoisotopic (exact) mass is 1240 g/mol. The summed E-state index contributed by atoms with van der Waals surface area (Å²) in [6.07, 6.45) is 7.74. The maximum absolute atomic E-state index is 13.7. The molecule has 1 saturated heterocycles. The SMILES string of the molecule is CN(CCCCCC(=O)NCCCCCC(=O)NCCN(CCNC(=O)CCCCCNC(=O)CCCCCN(C)C(=O)CCC(N)C(=O)O)C(=O)CCCCCN1CCN(C(=O)O)CCN(C(=O)O)CCN(C(=O)O)CC1)C(=O)CCC(N)C(=O)O. The Kier molecular flexibility index (Phi) is 42.1. The van der Waals surface area contributed by atoms with Crippen molar-refractivity contribution >= 4 is 71.6 Å². The molecule has 13 N–H and O–H groups in total. The summed E-state index contributed by atoms with van der Waals surface area (Å²) in [6.45, 7) is 3.50. The highest BCUT2D eigenvalue weighted by Gasteiger charge is 2.24. The largest absolute Gasteiger partial charge is 0.480 e. The van der Waals surface area contributed by atoms with Crippen LogP contribution in [-0.2, 0) is 43.2 Å². The molecule has 30 nitrogen and oxygen atoms in total. The fraction of sp³-hybridized carbons (Fsp3) is 0.789. The van der Waals surface area contributed by atoms with Crippen molar-refractivity contribution in [3.05, 3.63) is 0 Å². The van der Waals surface area contributed by atoms with Crippen molar-refractivity contribution in [1.29, 1.82) is 0 Å². The van der Waals surface area contributed by atoms with Crippen LogP contribution in [0, 0.1) is 0 Å². The molecule has 0 aromatic carbocycles. The zero-order valence-corrected chi connectivity index (χ0v) is 51.6. The summed E-state index contributed by atoms with van der Waals surface area (Å²) in [6, 6.07) is -2.16. The standard InChI is InChI=1S/C57H103N13O17/c1-64(50(75)25-23-44(58)53(78)79)31-15-5-10-20-46(71)60-27-13-3-8-18-48(73)62-29-34-67(35-30-63-49(74)19-9-4-14-28-61-47(72)21-11-6-16-32-65(2)51(76)26-24-45(59)54(80)81)52(77)22-12-7-17-33-66-36-38-68(55(82)83)40-42-70(57(86)87)43-41-69(39-37-66)56(84)85/h44-45H,3-43,58-59H2,1-2H3,(H,60,71)(H,61,72)(H,62,73)(H,63,74)(H,78,79)(H,80,81)(H,82,83)(H,84,85)(H,86,87). The Morgan fingerprint density at radius 2 is 0.678 bits per heavy atom. The van der Waals surface area contributed by atoms with Gasteiger partial charge in [-0.1, -0.05) is 32.1 Å². The van der Waals surface area contributed by atoms with Gasteiger partial charge < -0.3 is 87.7 Å². The number of nitrogens with one attached hydrogen (secondary N) is 4. The first-order chi connectivity index (χ1) is 41.4. The molecule has 2 unspecified atom stereocenters. The summed E-state index contributed by atoms with van der Waals surface area (Å²) in [5.74, 6) is -3.39. The molecule has 87 heavy (non-hydrogen) atoms. The molecule has 1 heterocycles. The van der Waals surface area contributed by atoms with Crippen LogP contribution in [0.2, 0.25) is 0 Å². The smallest absolute Gasteiger partial charge is 0.407 e. The van der Waals surface area contributed by atoms with Gasteiger partial charge in [-0.3, -0.25) is 48.1 Å². The van der Waals surface area contributed by atoms with Crippen LogP contribution < -0.4 is 32.7 Å². The van der Waals surface area contributed by atoms with Crippen molar-refractivity contribution in [1.82, 2.24) is 55.6 Å². The van der Waals surface area contributed by atoms with E-state index in [1.54, 1.807) is 19.0 Å². The summed E-state index contributed by atoms with van der Waals surface area (Å²) in [5.41, 5.74) is 10.9. The average molecular weight is 1240 g/mol. The van der Waals surface area contributed by atoms with Crippen molar-refractivity contribution in [2.75, 3.05) is 125 Å². The van der Waals surface area contributed by atoms with Crippen LogP contribution in [-0.4, -0.2) is 269 Å². The number of carboxylic acids is 2. The van der Waals surface area contributed by atoms with Crippen LogP contribution in [0.15, 0.2) is 0 Å². The molecule has 0 bridgehead atoms. The number of rotatable bonds is 44. The lowest BCUT2D eigenvalue weighted by Gasteiger charge is -2.32. The molecule has 1 rings (SSSR count). The summed E-state index contributed by atoms with van der Waals surface area (Å²) in [4.78, 5) is 156. The van der Waals surface area contributed by atoms with E-state index < -0.39 is 42.3 Å². The summed E-state index contributed by atoms with van der Waals surface area (Å²) in [7, 11) is 3.30. The predicted octanol–water partition coefficient (Wildman–Crippen LogP) is 1.64. The predicted molar refractivity (Wildman–Crippen MR) is 321 cm³/mol. The minimum absolute atomic E-state index is 0.0497. The van der Waals surface area contributed by atoms with Crippen LogP contribution in [0.4, 0.5) is 14.4 Å². The van der Waals surface area contributed by atoms with Gasteiger partial charge >= 0.3 is 30.2 Å². The molecule has 0 spiro atoms. The molecule has 2 atom stereocenters. The summed E-state index contributed by atoms with van der Waals surface area (Å²) < 4.78 is 0. The third kappa shape index (κ3) is 39.4. The quantitative estimate of drug-likeness (QED) is 0.0386. The lowest BCUT2D eigenvalue weighted by molar-refractivity contribution is -0.140. The Labute approximate surface area is 511 Å². The average Bonchev–Trinajstić information content (AvgIpc) is 3.65. The van der Waals surface area contributed by atoms with E-state index >= 15 is 0 Å². The lowest BCUT2D eigenvalue weighted by Crippen LogP contribution is -2.49. The number of hydrogen-bond donors (Lipinski definition) is 11. The van der Waals surface area contributed by atoms with Crippen molar-refractivity contribution in [3.63, 3.8) is 0 Å². The molecule has 0 aliphatic carbocycles. The van der Waals surface area contributed by atoms with Gasteiger partial charge in [-0.05, 0) is 83.6 Å². The van der Waals surface area contributed by atoms with Gasteiger partial charge in [0.1, 0.15) is 12.1 Å².